The zero-order valence-electron chi connectivity index (χ0n) is 9.11. The molecule has 112 valence electrons. The number of hydrogen-bond donors (Lipinski definition) is 0. The van der Waals surface area contributed by atoms with Crippen LogP contribution in [0.1, 0.15) is 25.7 Å². The normalized spacial score (nSPS) is 14.4. The number of alkyl halides is 10. The Hall–Kier alpha value is 0.0987. The Labute approximate surface area is 111 Å². The molecule has 0 spiro atoms. The molecule has 0 fully saturated rings. The van der Waals surface area contributed by atoms with E-state index in [1.54, 1.807) is 0 Å². The summed E-state index contributed by atoms with van der Waals surface area (Å²) in [7, 11) is 0. The van der Waals surface area contributed by atoms with E-state index in [0.29, 0.717) is 0 Å². The van der Waals surface area contributed by atoms with E-state index < -0.39 is 67.1 Å². The van der Waals surface area contributed by atoms with Gasteiger partial charge in [0.2, 0.25) is 0 Å². The maximum atomic E-state index is 12.9. The molecular weight excluding hydrogens is 405 g/mol. The summed E-state index contributed by atoms with van der Waals surface area (Å²) < 4.78 is 113. The summed E-state index contributed by atoms with van der Waals surface area (Å²) in [6.07, 6.45) is -17.3. The first kappa shape index (κ1) is 19.1. The molecule has 0 aliphatic carbocycles. The Morgan fingerprint density at radius 1 is 0.474 bits per heavy atom. The van der Waals surface area contributed by atoms with Gasteiger partial charge >= 0.3 is 111 Å². The van der Waals surface area contributed by atoms with Crippen molar-refractivity contribution in [3.8, 4) is 0 Å². The van der Waals surface area contributed by atoms with E-state index in [9.17, 15) is 43.9 Å². The van der Waals surface area contributed by atoms with Crippen molar-refractivity contribution >= 4 is 21.1 Å². The van der Waals surface area contributed by atoms with E-state index in [0.717, 1.165) is 0 Å². The van der Waals surface area contributed by atoms with Crippen molar-refractivity contribution in [3.05, 3.63) is 0 Å². The monoisotopic (exact) mass is 414 g/mol. The van der Waals surface area contributed by atoms with Crippen molar-refractivity contribution in [2.24, 2.45) is 0 Å². The van der Waals surface area contributed by atoms with Crippen LogP contribution in [-0.4, -0.2) is 41.4 Å². The molecule has 0 amide bonds. The van der Waals surface area contributed by atoms with Gasteiger partial charge in [-0.3, -0.25) is 0 Å². The molecule has 0 saturated heterocycles. The van der Waals surface area contributed by atoms with Gasteiger partial charge in [0.05, 0.1) is 0 Å². The summed E-state index contributed by atoms with van der Waals surface area (Å²) in [4.78, 5) is 0. The molecule has 0 aromatic rings. The van der Waals surface area contributed by atoms with E-state index in [-0.39, 0.29) is 0 Å². The Morgan fingerprint density at radius 2 is 0.737 bits per heavy atom. The van der Waals surface area contributed by atoms with Gasteiger partial charge in [-0.1, -0.05) is 0 Å². The first-order valence-corrected chi connectivity index (χ1v) is 7.66. The van der Waals surface area contributed by atoms with Crippen LogP contribution >= 0.6 is 0 Å². The molecule has 0 saturated carbocycles. The molecule has 0 unspecified atom stereocenters. The van der Waals surface area contributed by atoms with Gasteiger partial charge in [0, 0.05) is 0 Å². The summed E-state index contributed by atoms with van der Waals surface area (Å²) in [6.45, 7) is 0. The van der Waals surface area contributed by atoms with E-state index in [4.69, 9.17) is 0 Å². The second-order valence-electron chi connectivity index (χ2n) is 3.76. The summed E-state index contributed by atoms with van der Waals surface area (Å²) in [5, 5.41) is 0. The molecule has 0 heterocycles. The Morgan fingerprint density at radius 3 is 0.947 bits per heavy atom. The van der Waals surface area contributed by atoms with Crippen LogP contribution in [0.25, 0.3) is 0 Å². The molecule has 19 heavy (non-hydrogen) atoms. The second kappa shape index (κ2) is 6.25. The van der Waals surface area contributed by atoms with E-state index in [1.165, 1.54) is 0 Å². The SMILES string of the molecule is FC(F)(F)CC[C](F)(F)[Sn+2][C](F)(F)CCC(F)(F)F. The summed E-state index contributed by atoms with van der Waals surface area (Å²) >= 11 is -4.05. The fourth-order valence-corrected chi connectivity index (χ4v) is 3.94. The number of rotatable bonds is 6. The van der Waals surface area contributed by atoms with Crippen molar-refractivity contribution < 1.29 is 43.9 Å². The van der Waals surface area contributed by atoms with Crippen molar-refractivity contribution in [3.63, 3.8) is 0 Å². The molecule has 0 bridgehead atoms. The molecule has 0 aliphatic rings. The van der Waals surface area contributed by atoms with Crippen LogP contribution in [0.5, 0.6) is 0 Å². The molecule has 0 radical (unpaired) electrons. The Kier molecular flexibility index (Phi) is 6.28. The predicted molar refractivity (Wildman–Crippen MR) is 46.2 cm³/mol. The average molecular weight is 413 g/mol. The number of halogens is 10. The average Bonchev–Trinajstić information content (AvgIpc) is 2.09. The zero-order valence-corrected chi connectivity index (χ0v) is 12.0. The van der Waals surface area contributed by atoms with Gasteiger partial charge in [-0.05, 0) is 0 Å². The van der Waals surface area contributed by atoms with Gasteiger partial charge in [0.1, 0.15) is 0 Å². The van der Waals surface area contributed by atoms with Crippen LogP contribution in [0.2, 0.25) is 0 Å². The molecular formula is C8H8F10Sn+2. The molecule has 11 heteroatoms. The minimum atomic E-state index is -4.91. The van der Waals surface area contributed by atoms with Crippen LogP contribution in [0, 0.1) is 0 Å². The third kappa shape index (κ3) is 11.6. The topological polar surface area (TPSA) is 0 Å². The molecule has 0 aromatic heterocycles. The van der Waals surface area contributed by atoms with Crippen molar-refractivity contribution in [2.75, 3.05) is 0 Å². The Balaban J connectivity index is 4.37. The van der Waals surface area contributed by atoms with Gasteiger partial charge in [0.15, 0.2) is 0 Å². The van der Waals surface area contributed by atoms with E-state index in [1.807, 2.05) is 0 Å². The van der Waals surface area contributed by atoms with Gasteiger partial charge in [-0.2, -0.15) is 0 Å². The van der Waals surface area contributed by atoms with Crippen LogP contribution in [0.4, 0.5) is 43.9 Å². The van der Waals surface area contributed by atoms with Gasteiger partial charge < -0.3 is 0 Å². The van der Waals surface area contributed by atoms with Gasteiger partial charge in [0.25, 0.3) is 0 Å². The third-order valence-corrected chi connectivity index (χ3v) is 5.33. The van der Waals surface area contributed by atoms with Crippen molar-refractivity contribution in [1.29, 1.82) is 0 Å². The van der Waals surface area contributed by atoms with E-state index >= 15 is 0 Å². The predicted octanol–water partition coefficient (Wildman–Crippen LogP) is 4.56. The third-order valence-electron chi connectivity index (χ3n) is 1.81. The fraction of sp³-hybridized carbons (Fsp3) is 1.00. The molecule has 0 N–H and O–H groups in total. The van der Waals surface area contributed by atoms with Crippen LogP contribution in [-0.2, 0) is 0 Å². The second-order valence-corrected chi connectivity index (χ2v) is 8.65. The molecule has 0 rings (SSSR count). The van der Waals surface area contributed by atoms with E-state index in [2.05, 4.69) is 0 Å². The molecule has 0 aliphatic heterocycles. The minimum absolute atomic E-state index is 1.80. The molecule has 0 atom stereocenters. The van der Waals surface area contributed by atoms with Crippen molar-refractivity contribution in [2.45, 2.75) is 45.9 Å². The Bertz CT molecular complexity index is 250. The quantitative estimate of drug-likeness (QED) is 0.443. The van der Waals surface area contributed by atoms with Crippen molar-refractivity contribution in [1.82, 2.24) is 0 Å². The maximum absolute atomic E-state index is 12.9. The first-order chi connectivity index (χ1) is 8.12. The van der Waals surface area contributed by atoms with Crippen LogP contribution in [0.3, 0.4) is 0 Å². The summed E-state index contributed by atoms with van der Waals surface area (Å²) in [5.74, 6) is 0. The van der Waals surface area contributed by atoms with Crippen LogP contribution in [0.15, 0.2) is 0 Å². The number of hydrogen-bond acceptors (Lipinski definition) is 0. The van der Waals surface area contributed by atoms with Gasteiger partial charge in [-0.15, -0.1) is 0 Å². The standard InChI is InChI=1S/2C4H4F5.Sn/c2*5-3(6)1-2-4(7,8)9;/h2*1-2H2;/q;;+2. The molecule has 0 aromatic carbocycles. The van der Waals surface area contributed by atoms with Gasteiger partial charge in [-0.25, -0.2) is 0 Å². The first-order valence-electron chi connectivity index (χ1n) is 4.80. The zero-order chi connectivity index (χ0) is 15.5. The van der Waals surface area contributed by atoms with Crippen LogP contribution < -0.4 is 0 Å². The summed E-state index contributed by atoms with van der Waals surface area (Å²) in [5.41, 5.74) is 0. The fourth-order valence-electron chi connectivity index (χ4n) is 0.990. The molecule has 0 nitrogen and oxygen atoms in total. The summed E-state index contributed by atoms with van der Waals surface area (Å²) in [6, 6.07) is 0.